The zero-order chi connectivity index (χ0) is 12.6. The molecule has 0 bridgehead atoms. The van der Waals surface area contributed by atoms with E-state index >= 15 is 0 Å². The fourth-order valence-corrected chi connectivity index (χ4v) is 1.07. The van der Waals surface area contributed by atoms with Crippen LogP contribution in [0.3, 0.4) is 0 Å². The summed E-state index contributed by atoms with van der Waals surface area (Å²) in [6.07, 6.45) is 2.73. The molecule has 1 aromatic carbocycles. The van der Waals surface area contributed by atoms with Crippen LogP contribution in [0.2, 0.25) is 5.09 Å². The van der Waals surface area contributed by atoms with Crippen LogP contribution in [0.4, 0.5) is 8.78 Å². The van der Waals surface area contributed by atoms with E-state index in [1.165, 1.54) is 24.0 Å². The molecule has 0 aromatic heterocycles. The molecule has 2 nitrogen and oxygen atoms in total. The molecule has 1 aromatic rings. The number of rotatable bonds is 3. The first-order valence-corrected chi connectivity index (χ1v) is 5.34. The number of halogens is 2. The zero-order valence-electron chi connectivity index (χ0n) is 9.58. The van der Waals surface area contributed by atoms with Gasteiger partial charge in [0.25, 0.3) is 0 Å². The minimum atomic E-state index is -1.97. The second-order valence-corrected chi connectivity index (χ2v) is 3.37. The Morgan fingerprint density at radius 2 is 1.94 bits per heavy atom. The molecule has 0 saturated heterocycles. The first-order chi connectivity index (χ1) is 7.54. The van der Waals surface area contributed by atoms with Gasteiger partial charge >= 0.3 is 49.7 Å². The second-order valence-electron chi connectivity index (χ2n) is 3.37. The summed E-state index contributed by atoms with van der Waals surface area (Å²) in [5.74, 6) is -2.31. The van der Waals surface area contributed by atoms with Gasteiger partial charge in [0.05, 0.1) is 0 Å². The zero-order valence-corrected chi connectivity index (χ0v) is 9.58. The Balaban J connectivity index is 0.000000385. The van der Waals surface area contributed by atoms with Crippen LogP contribution in [0.1, 0.15) is 19.8 Å². The predicted octanol–water partition coefficient (Wildman–Crippen LogP) is 1.02. The van der Waals surface area contributed by atoms with Gasteiger partial charge in [-0.1, -0.05) is 12.1 Å². The molecule has 2 N–H and O–H groups in total. The van der Waals surface area contributed by atoms with E-state index in [-0.39, 0.29) is 0 Å². The summed E-state index contributed by atoms with van der Waals surface area (Å²) in [5.41, 5.74) is -0.454. The maximum atomic E-state index is 12.6. The van der Waals surface area contributed by atoms with E-state index < -0.39 is 24.2 Å². The summed E-state index contributed by atoms with van der Waals surface area (Å²) in [6.45, 7) is 2.21. The van der Waals surface area contributed by atoms with Crippen molar-refractivity contribution in [1.82, 2.24) is 0 Å². The van der Waals surface area contributed by atoms with Gasteiger partial charge in [0, 0.05) is 5.46 Å². The fraction of sp³-hybridized carbons (Fsp3) is 0.400. The average molecular weight is 222 g/mol. The Hall–Kier alpha value is -0.338. The van der Waals surface area contributed by atoms with Crippen molar-refractivity contribution >= 4 is 30.3 Å². The van der Waals surface area contributed by atoms with Gasteiger partial charge in [0.15, 0.2) is 11.6 Å². The average Bonchev–Trinajstić information content (AvgIpc) is 2.24. The van der Waals surface area contributed by atoms with E-state index in [1.54, 1.807) is 0 Å². The summed E-state index contributed by atoms with van der Waals surface area (Å²) < 4.78 is 24.9. The second kappa shape index (κ2) is 8.77. The predicted molar refractivity (Wildman–Crippen MR) is 61.7 cm³/mol. The van der Waals surface area contributed by atoms with E-state index in [2.05, 4.69) is 24.6 Å². The van der Waals surface area contributed by atoms with Gasteiger partial charge in [0.1, 0.15) is 0 Å². The number of unbranched alkanes of at least 4 members (excludes halogenated alkanes) is 1. The van der Waals surface area contributed by atoms with Crippen LogP contribution in [-0.4, -0.2) is 34.9 Å². The summed E-state index contributed by atoms with van der Waals surface area (Å²) in [6, 6.07) is 3.21. The van der Waals surface area contributed by atoms with Gasteiger partial charge in [-0.05, 0) is 6.07 Å². The molecule has 0 amide bonds. The van der Waals surface area contributed by atoms with Crippen LogP contribution in [-0.2, 0) is 0 Å². The molecule has 1 rings (SSSR count). The fourth-order valence-electron chi connectivity index (χ4n) is 1.07. The van der Waals surface area contributed by atoms with Crippen molar-refractivity contribution in [3.8, 4) is 0 Å². The van der Waals surface area contributed by atoms with Gasteiger partial charge < -0.3 is 10.0 Å². The molecule has 0 unspecified atom stereocenters. The molecule has 0 heterocycles. The van der Waals surface area contributed by atoms with Crippen molar-refractivity contribution in [2.24, 2.45) is 0 Å². The van der Waals surface area contributed by atoms with Gasteiger partial charge in [-0.15, -0.1) is 0 Å². The molecule has 6 heteroatoms. The maximum absolute atomic E-state index is 12.6. The molecule has 0 radical (unpaired) electrons. The van der Waals surface area contributed by atoms with Crippen molar-refractivity contribution < 1.29 is 18.8 Å². The summed E-state index contributed by atoms with van der Waals surface area (Å²) in [5, 5.41) is 18.3. The normalized spacial score (nSPS) is 9.44. The van der Waals surface area contributed by atoms with E-state index in [4.69, 9.17) is 10.0 Å². The van der Waals surface area contributed by atoms with Gasteiger partial charge in [-0.25, -0.2) is 8.78 Å². The van der Waals surface area contributed by atoms with Crippen LogP contribution in [0.25, 0.3) is 0 Å². The number of benzene rings is 1. The first kappa shape index (κ1) is 15.7. The van der Waals surface area contributed by atoms with Crippen LogP contribution in [0.15, 0.2) is 18.2 Å². The van der Waals surface area contributed by atoms with Crippen LogP contribution in [0.5, 0.6) is 0 Å². The molecular weight excluding hydrogens is 208 g/mol. The third-order valence-electron chi connectivity index (χ3n) is 1.97. The third kappa shape index (κ3) is 5.67. The molecular formula is C10H14BF2LiO2. The molecule has 0 aliphatic rings. The first-order valence-electron chi connectivity index (χ1n) is 5.34. The van der Waals surface area contributed by atoms with Crippen molar-refractivity contribution in [1.29, 1.82) is 0 Å². The topological polar surface area (TPSA) is 40.5 Å². The Morgan fingerprint density at radius 3 is 2.25 bits per heavy atom. The van der Waals surface area contributed by atoms with Gasteiger partial charge in [-0.3, -0.25) is 0 Å². The number of hydrogen-bond acceptors (Lipinski definition) is 2. The monoisotopic (exact) mass is 222 g/mol. The quantitative estimate of drug-likeness (QED) is 0.749. The van der Waals surface area contributed by atoms with Crippen LogP contribution < -0.4 is 5.46 Å². The Kier molecular flexibility index (Phi) is 8.59. The Labute approximate surface area is 104 Å². The molecule has 0 aliphatic carbocycles. The summed E-state index contributed by atoms with van der Waals surface area (Å²) >= 11 is 2.21. The SMILES string of the molecule is OB(O)c1cccc(F)c1F.[Li][CH2]CCC. The molecule has 0 spiro atoms. The molecule has 84 valence electrons. The van der Waals surface area contributed by atoms with Crippen molar-refractivity contribution in [3.05, 3.63) is 29.8 Å². The Bertz CT molecular complexity index is 309. The third-order valence-corrected chi connectivity index (χ3v) is 1.97. The standard InChI is InChI=1S/C6H5BF2O2.C4H9.Li/c8-5-3-1-2-4(6(5)9)7(10)11;1-3-4-2;/h1-3,10-11H;1,3-4H2,2H3;. The van der Waals surface area contributed by atoms with E-state index in [0.29, 0.717) is 0 Å². The van der Waals surface area contributed by atoms with Crippen molar-refractivity contribution in [2.75, 3.05) is 0 Å². The van der Waals surface area contributed by atoms with Crippen molar-refractivity contribution in [2.45, 2.75) is 24.9 Å². The van der Waals surface area contributed by atoms with Crippen LogP contribution in [0, 0.1) is 11.6 Å². The summed E-state index contributed by atoms with van der Waals surface area (Å²) in [4.78, 5) is 0. The van der Waals surface area contributed by atoms with E-state index in [1.807, 2.05) is 0 Å². The van der Waals surface area contributed by atoms with Gasteiger partial charge in [0.2, 0.25) is 0 Å². The molecule has 0 saturated carbocycles. The number of hydrogen-bond donors (Lipinski definition) is 2. The van der Waals surface area contributed by atoms with Crippen molar-refractivity contribution in [3.63, 3.8) is 0 Å². The molecule has 0 fully saturated rings. The van der Waals surface area contributed by atoms with Crippen LogP contribution >= 0.6 is 0 Å². The molecule has 0 aliphatic heterocycles. The van der Waals surface area contributed by atoms with E-state index in [9.17, 15) is 8.78 Å². The minimum absolute atomic E-state index is 0.454. The molecule has 0 atom stereocenters. The van der Waals surface area contributed by atoms with E-state index in [0.717, 1.165) is 12.1 Å². The summed E-state index contributed by atoms with van der Waals surface area (Å²) in [7, 11) is -1.97. The Morgan fingerprint density at radius 1 is 1.31 bits per heavy atom. The molecule has 16 heavy (non-hydrogen) atoms. The van der Waals surface area contributed by atoms with Gasteiger partial charge in [-0.2, -0.15) is 0 Å².